The van der Waals surface area contributed by atoms with Crippen LogP contribution in [0.25, 0.3) is 11.2 Å². The number of piperidine rings is 1. The lowest BCUT2D eigenvalue weighted by Gasteiger charge is -2.40. The number of fused-ring (bicyclic) bond motifs is 1. The number of rotatable bonds is 5. The van der Waals surface area contributed by atoms with Crippen LogP contribution in [0.4, 0.5) is 13.2 Å². The van der Waals surface area contributed by atoms with Gasteiger partial charge in [0.25, 0.3) is 0 Å². The number of nitrogens with zero attached hydrogens (tertiary/aromatic N) is 5. The third-order valence-electron chi connectivity index (χ3n) is 7.93. The van der Waals surface area contributed by atoms with Gasteiger partial charge in [-0.2, -0.15) is 13.2 Å². The second kappa shape index (κ2) is 9.09. The number of aromatic nitrogens is 4. The van der Waals surface area contributed by atoms with Crippen molar-refractivity contribution in [3.63, 3.8) is 0 Å². The summed E-state index contributed by atoms with van der Waals surface area (Å²) in [6, 6.07) is 8.73. The van der Waals surface area contributed by atoms with Crippen molar-refractivity contribution in [2.45, 2.75) is 57.2 Å². The zero-order chi connectivity index (χ0) is 25.8. The van der Waals surface area contributed by atoms with Crippen LogP contribution in [-0.2, 0) is 18.1 Å². The van der Waals surface area contributed by atoms with Crippen LogP contribution in [0, 0.1) is 5.92 Å². The molecule has 37 heavy (non-hydrogen) atoms. The molecular formula is C27H28F3N5OS. The molecule has 1 aromatic carbocycles. The fourth-order valence-electron chi connectivity index (χ4n) is 5.92. The van der Waals surface area contributed by atoms with E-state index in [2.05, 4.69) is 22.0 Å². The number of imidazole rings is 1. The molecule has 1 atom stereocenters. The van der Waals surface area contributed by atoms with Gasteiger partial charge in [-0.3, -0.25) is 13.9 Å². The molecule has 0 spiro atoms. The van der Waals surface area contributed by atoms with Gasteiger partial charge in [-0.05, 0) is 67.5 Å². The first-order valence-corrected chi connectivity index (χ1v) is 13.6. The predicted octanol–water partition coefficient (Wildman–Crippen LogP) is 5.66. The van der Waals surface area contributed by atoms with E-state index in [1.54, 1.807) is 17.8 Å². The van der Waals surface area contributed by atoms with Crippen molar-refractivity contribution < 1.29 is 13.2 Å². The van der Waals surface area contributed by atoms with E-state index in [1.807, 2.05) is 18.2 Å². The van der Waals surface area contributed by atoms with Gasteiger partial charge in [-0.25, -0.2) is 4.79 Å². The van der Waals surface area contributed by atoms with Gasteiger partial charge in [0.2, 0.25) is 0 Å². The summed E-state index contributed by atoms with van der Waals surface area (Å²) >= 11 is 1.51. The Hall–Kier alpha value is -2.98. The summed E-state index contributed by atoms with van der Waals surface area (Å²) in [6.07, 6.45) is 3.38. The van der Waals surface area contributed by atoms with E-state index in [-0.39, 0.29) is 10.9 Å². The van der Waals surface area contributed by atoms with Crippen LogP contribution in [0.5, 0.6) is 0 Å². The Morgan fingerprint density at radius 1 is 1.16 bits per heavy atom. The van der Waals surface area contributed by atoms with Crippen molar-refractivity contribution in [1.82, 2.24) is 24.1 Å². The van der Waals surface area contributed by atoms with Gasteiger partial charge >= 0.3 is 11.9 Å². The topological polar surface area (TPSA) is 55.4 Å². The number of halogens is 3. The van der Waals surface area contributed by atoms with Crippen molar-refractivity contribution >= 4 is 16.9 Å². The summed E-state index contributed by atoms with van der Waals surface area (Å²) in [7, 11) is 0. The number of pyridine rings is 1. The van der Waals surface area contributed by atoms with Gasteiger partial charge in [0.05, 0.1) is 16.8 Å². The maximum atomic E-state index is 14.2. The molecule has 0 unspecified atom stereocenters. The third-order valence-corrected chi connectivity index (χ3v) is 8.83. The first-order valence-electron chi connectivity index (χ1n) is 12.7. The number of hydrogen-bond donors (Lipinski definition) is 0. The zero-order valence-corrected chi connectivity index (χ0v) is 21.4. The second-order valence-electron chi connectivity index (χ2n) is 10.5. The minimum atomic E-state index is -4.58. The van der Waals surface area contributed by atoms with Gasteiger partial charge < -0.3 is 0 Å². The van der Waals surface area contributed by atoms with E-state index in [9.17, 15) is 18.0 Å². The molecule has 0 bridgehead atoms. The van der Waals surface area contributed by atoms with E-state index in [1.165, 1.54) is 28.2 Å². The van der Waals surface area contributed by atoms with E-state index in [0.717, 1.165) is 60.2 Å². The highest BCUT2D eigenvalue weighted by molar-refractivity contribution is 7.09. The normalized spacial score (nSPS) is 20.3. The van der Waals surface area contributed by atoms with E-state index in [0.29, 0.717) is 23.7 Å². The largest absolute Gasteiger partial charge is 0.418 e. The van der Waals surface area contributed by atoms with Crippen LogP contribution in [0.3, 0.4) is 0 Å². The molecular weight excluding hydrogens is 499 g/mol. The summed E-state index contributed by atoms with van der Waals surface area (Å²) in [4.78, 5) is 15.7. The van der Waals surface area contributed by atoms with Crippen LogP contribution in [0.1, 0.15) is 60.7 Å². The smallest absolute Gasteiger partial charge is 0.299 e. The molecule has 4 aromatic rings. The average Bonchev–Trinajstić information content (AvgIpc) is 3.47. The molecule has 10 heteroatoms. The fraction of sp³-hybridized carbons (Fsp3) is 0.444. The lowest BCUT2D eigenvalue weighted by molar-refractivity contribution is -0.136. The Kier molecular flexibility index (Phi) is 5.99. The molecule has 1 saturated heterocycles. The average molecular weight is 528 g/mol. The summed E-state index contributed by atoms with van der Waals surface area (Å²) in [5.74, 6) is 0.509. The summed E-state index contributed by atoms with van der Waals surface area (Å²) < 4.78 is 45.0. The van der Waals surface area contributed by atoms with Crippen molar-refractivity contribution in [3.8, 4) is 5.69 Å². The van der Waals surface area contributed by atoms with Crippen molar-refractivity contribution in [3.05, 3.63) is 80.4 Å². The third kappa shape index (κ3) is 4.29. The number of benzene rings is 1. The summed E-state index contributed by atoms with van der Waals surface area (Å²) in [5, 5.41) is 9.25. The maximum Gasteiger partial charge on any atom is 0.418 e. The molecule has 1 saturated carbocycles. The fourth-order valence-corrected chi connectivity index (χ4v) is 6.76. The molecule has 4 heterocycles. The monoisotopic (exact) mass is 527 g/mol. The quantitative estimate of drug-likeness (QED) is 0.336. The first-order chi connectivity index (χ1) is 17.7. The lowest BCUT2D eigenvalue weighted by Crippen LogP contribution is -2.35. The molecule has 6 rings (SSSR count). The van der Waals surface area contributed by atoms with E-state index < -0.39 is 17.4 Å². The second-order valence-corrected chi connectivity index (χ2v) is 11.3. The standard InChI is InChI=1S/C27H28F3N5OS/c1-18-5-3-10-33(13-18)14-19-11-22(27(28,29)30)23-16-34(25(36)35(23)15-19)21-7-2-6-20(12-21)26(8-4-9-26)24-32-31-17-37-24/h2,6-7,11-12,15-18H,3-5,8-10,13-14H2,1H3/t18-/m0/s1. The molecule has 0 N–H and O–H groups in total. The molecule has 0 radical (unpaired) electrons. The maximum absolute atomic E-state index is 14.2. The van der Waals surface area contributed by atoms with Gasteiger partial charge in [0.1, 0.15) is 10.5 Å². The van der Waals surface area contributed by atoms with E-state index >= 15 is 0 Å². The van der Waals surface area contributed by atoms with Crippen molar-refractivity contribution in [2.24, 2.45) is 5.92 Å². The SMILES string of the molecule is C[C@H]1CCCN(Cc2cc(C(F)(F)F)c3cn(-c4cccc(C5(c6nncs6)CCC5)c4)c(=O)n3c2)C1. The van der Waals surface area contributed by atoms with E-state index in [4.69, 9.17) is 0 Å². The highest BCUT2D eigenvalue weighted by atomic mass is 32.1. The Bertz CT molecular complexity index is 1490. The number of alkyl halides is 3. The van der Waals surface area contributed by atoms with Crippen LogP contribution >= 0.6 is 11.3 Å². The molecule has 3 aromatic heterocycles. The summed E-state index contributed by atoms with van der Waals surface area (Å²) in [5.41, 5.74) is 2.07. The van der Waals surface area contributed by atoms with Gasteiger partial charge in [-0.15, -0.1) is 21.5 Å². The highest BCUT2D eigenvalue weighted by Gasteiger charge is 2.43. The van der Waals surface area contributed by atoms with Crippen molar-refractivity contribution in [2.75, 3.05) is 13.1 Å². The summed E-state index contributed by atoms with van der Waals surface area (Å²) in [6.45, 7) is 4.25. The van der Waals surface area contributed by atoms with Crippen LogP contribution in [-0.4, -0.2) is 37.2 Å². The Morgan fingerprint density at radius 3 is 2.68 bits per heavy atom. The molecule has 1 aliphatic carbocycles. The Balaban J connectivity index is 1.43. The number of likely N-dealkylation sites (tertiary alicyclic amines) is 1. The van der Waals surface area contributed by atoms with Crippen molar-refractivity contribution in [1.29, 1.82) is 0 Å². The molecule has 6 nitrogen and oxygen atoms in total. The van der Waals surface area contributed by atoms with Gasteiger partial charge in [0, 0.05) is 30.9 Å². The lowest BCUT2D eigenvalue weighted by atomic mass is 9.65. The molecule has 2 fully saturated rings. The van der Waals surface area contributed by atoms with Crippen LogP contribution < -0.4 is 5.69 Å². The zero-order valence-electron chi connectivity index (χ0n) is 20.5. The predicted molar refractivity (Wildman–Crippen MR) is 136 cm³/mol. The minimum Gasteiger partial charge on any atom is -0.299 e. The molecule has 1 aliphatic heterocycles. The van der Waals surface area contributed by atoms with Crippen LogP contribution in [0.2, 0.25) is 0 Å². The Morgan fingerprint density at radius 2 is 2.00 bits per heavy atom. The van der Waals surface area contributed by atoms with Crippen LogP contribution in [0.15, 0.2) is 53.0 Å². The number of hydrogen-bond acceptors (Lipinski definition) is 5. The molecule has 0 amide bonds. The first kappa shape index (κ1) is 24.4. The Labute approximate surface area is 216 Å². The van der Waals surface area contributed by atoms with Gasteiger partial charge in [0.15, 0.2) is 0 Å². The highest BCUT2D eigenvalue weighted by Crippen LogP contribution is 2.49. The molecule has 194 valence electrons. The minimum absolute atomic E-state index is 0.138. The van der Waals surface area contributed by atoms with Gasteiger partial charge in [-0.1, -0.05) is 25.5 Å². The molecule has 2 aliphatic rings.